The summed E-state index contributed by atoms with van der Waals surface area (Å²) in [5.41, 5.74) is 3.75. The summed E-state index contributed by atoms with van der Waals surface area (Å²) in [5.74, 6) is -0.214. The number of hydrazine groups is 1. The van der Waals surface area contributed by atoms with Crippen molar-refractivity contribution in [1.29, 1.82) is 0 Å². The average molecular weight is 470 g/mol. The molecule has 1 spiro atoms. The van der Waals surface area contributed by atoms with Gasteiger partial charge in [-0.05, 0) is 43.4 Å². The van der Waals surface area contributed by atoms with Crippen LogP contribution in [0.4, 0.5) is 5.69 Å². The van der Waals surface area contributed by atoms with Gasteiger partial charge in [-0.15, -0.1) is 5.10 Å². The number of anilines is 1. The third-order valence-corrected chi connectivity index (χ3v) is 6.17. The Hall–Kier alpha value is -2.71. The first-order valence-corrected chi connectivity index (χ1v) is 10.7. The highest BCUT2D eigenvalue weighted by molar-refractivity contribution is 9.10. The van der Waals surface area contributed by atoms with E-state index in [1.54, 1.807) is 17.1 Å². The molecule has 1 amide bonds. The Kier molecular flexibility index (Phi) is 5.62. The largest absolute Gasteiger partial charge is 0.306 e. The minimum atomic E-state index is -0.647. The molecule has 0 atom stereocenters. The predicted octanol–water partition coefficient (Wildman–Crippen LogP) is 3.24. The summed E-state index contributed by atoms with van der Waals surface area (Å²) < 4.78 is 0.966. The van der Waals surface area contributed by atoms with Crippen molar-refractivity contribution in [2.45, 2.75) is 25.4 Å². The molecule has 2 aromatic carbocycles. The Morgan fingerprint density at radius 3 is 2.27 bits per heavy atom. The fraction of sp³-hybridized carbons (Fsp3) is 0.318. The fourth-order valence-electron chi connectivity index (χ4n) is 3.96. The number of hydrazone groups is 1. The molecular weight excluding hydrogens is 446 g/mol. The molecule has 0 aliphatic carbocycles. The van der Waals surface area contributed by atoms with E-state index >= 15 is 0 Å². The molecule has 7 nitrogen and oxygen atoms in total. The second-order valence-corrected chi connectivity index (χ2v) is 8.61. The Morgan fingerprint density at radius 2 is 1.67 bits per heavy atom. The molecule has 2 aliphatic heterocycles. The molecule has 0 saturated carbocycles. The van der Waals surface area contributed by atoms with Gasteiger partial charge >= 0.3 is 0 Å². The molecule has 8 heteroatoms. The number of rotatable bonds is 4. The molecule has 30 heavy (non-hydrogen) atoms. The second kappa shape index (κ2) is 8.20. The van der Waals surface area contributed by atoms with Gasteiger partial charge in [-0.3, -0.25) is 15.0 Å². The van der Waals surface area contributed by atoms with E-state index in [0.717, 1.165) is 36.1 Å². The van der Waals surface area contributed by atoms with E-state index < -0.39 is 5.66 Å². The molecule has 0 bridgehead atoms. The summed E-state index contributed by atoms with van der Waals surface area (Å²) in [4.78, 5) is 27.8. The maximum Gasteiger partial charge on any atom is 0.269 e. The predicted molar refractivity (Wildman–Crippen MR) is 120 cm³/mol. The number of ketones is 1. The summed E-state index contributed by atoms with van der Waals surface area (Å²) >= 11 is 3.47. The highest BCUT2D eigenvalue weighted by Gasteiger charge is 2.52. The minimum absolute atomic E-state index is 0.193. The van der Waals surface area contributed by atoms with Crippen molar-refractivity contribution in [2.24, 2.45) is 5.10 Å². The third-order valence-electron chi connectivity index (χ3n) is 5.64. The van der Waals surface area contributed by atoms with E-state index in [9.17, 15) is 9.59 Å². The van der Waals surface area contributed by atoms with Crippen molar-refractivity contribution >= 4 is 39.1 Å². The van der Waals surface area contributed by atoms with Gasteiger partial charge in [-0.1, -0.05) is 34.1 Å². The van der Waals surface area contributed by atoms with Crippen LogP contribution in [0.1, 0.15) is 30.1 Å². The number of carbonyl (C=O) groups is 2. The Morgan fingerprint density at radius 1 is 1.03 bits per heavy atom. The van der Waals surface area contributed by atoms with Crippen molar-refractivity contribution in [1.82, 2.24) is 15.3 Å². The van der Waals surface area contributed by atoms with Crippen molar-refractivity contribution in [2.75, 3.05) is 25.1 Å². The zero-order chi connectivity index (χ0) is 21.3. The zero-order valence-corrected chi connectivity index (χ0v) is 18.6. The molecular formula is C22H24BrN5O2. The smallest absolute Gasteiger partial charge is 0.269 e. The molecule has 2 aromatic rings. The van der Waals surface area contributed by atoms with Crippen LogP contribution < -0.4 is 10.4 Å². The number of amidine groups is 1. The molecule has 2 aliphatic rings. The van der Waals surface area contributed by atoms with Crippen LogP contribution >= 0.6 is 15.9 Å². The minimum Gasteiger partial charge on any atom is -0.306 e. The summed E-state index contributed by atoms with van der Waals surface area (Å²) in [5, 5.41) is 8.29. The van der Waals surface area contributed by atoms with Gasteiger partial charge in [0, 0.05) is 42.9 Å². The van der Waals surface area contributed by atoms with Gasteiger partial charge in [-0.25, -0.2) is 10.0 Å². The number of halogens is 1. The Balaban J connectivity index is 1.75. The molecule has 0 radical (unpaired) electrons. The molecule has 1 N–H and O–H groups in total. The Labute approximate surface area is 184 Å². The number of hydrogen-bond acceptors (Lipinski definition) is 6. The lowest BCUT2D eigenvalue weighted by atomic mass is 9.95. The molecule has 156 valence electrons. The number of nitrogens with one attached hydrogen (secondary N) is 1. The standard InChI is InChI=1S/C22H24BrN5O2/c1-16(29)20-24-27(19-10-8-18(23)9-11-19)22(12-14-26(2)15-13-22)28(20)25-21(30)17-6-4-3-5-7-17/h3-11H,12-15H2,1-2H3,(H,25,30). The number of piperidine rings is 1. The zero-order valence-electron chi connectivity index (χ0n) is 17.0. The maximum absolute atomic E-state index is 13.0. The first-order valence-electron chi connectivity index (χ1n) is 9.91. The quantitative estimate of drug-likeness (QED) is 0.744. The molecule has 1 saturated heterocycles. The van der Waals surface area contributed by atoms with Crippen LogP contribution in [0.5, 0.6) is 0 Å². The lowest BCUT2D eigenvalue weighted by molar-refractivity contribution is -0.112. The van der Waals surface area contributed by atoms with Gasteiger partial charge in [0.1, 0.15) is 0 Å². The van der Waals surface area contributed by atoms with Gasteiger partial charge in [0.05, 0.1) is 5.69 Å². The van der Waals surface area contributed by atoms with E-state index in [2.05, 4.69) is 33.3 Å². The van der Waals surface area contributed by atoms with E-state index in [0.29, 0.717) is 5.56 Å². The maximum atomic E-state index is 13.0. The monoisotopic (exact) mass is 469 g/mol. The van der Waals surface area contributed by atoms with Crippen LogP contribution in [0.3, 0.4) is 0 Å². The van der Waals surface area contributed by atoms with Crippen molar-refractivity contribution in [3.05, 3.63) is 64.6 Å². The summed E-state index contributed by atoms with van der Waals surface area (Å²) in [6, 6.07) is 16.8. The normalized spacial score (nSPS) is 18.4. The van der Waals surface area contributed by atoms with E-state index in [1.165, 1.54) is 6.92 Å². The van der Waals surface area contributed by atoms with Crippen LogP contribution in [0.2, 0.25) is 0 Å². The van der Waals surface area contributed by atoms with Crippen LogP contribution in [0, 0.1) is 0 Å². The molecule has 2 heterocycles. The lowest BCUT2D eigenvalue weighted by Crippen LogP contribution is -2.66. The van der Waals surface area contributed by atoms with Crippen molar-refractivity contribution < 1.29 is 9.59 Å². The number of nitrogens with zero attached hydrogens (tertiary/aromatic N) is 4. The van der Waals surface area contributed by atoms with Crippen LogP contribution in [-0.2, 0) is 4.79 Å². The Bertz CT molecular complexity index is 969. The second-order valence-electron chi connectivity index (χ2n) is 7.70. The van der Waals surface area contributed by atoms with Crippen molar-refractivity contribution in [3.8, 4) is 0 Å². The van der Waals surface area contributed by atoms with Gasteiger partial charge < -0.3 is 4.90 Å². The summed E-state index contributed by atoms with van der Waals surface area (Å²) in [6.07, 6.45) is 1.43. The molecule has 0 unspecified atom stereocenters. The number of Topliss-reactive ketones (excluding diaryl/α,β-unsaturated/α-hetero) is 1. The van der Waals surface area contributed by atoms with Gasteiger partial charge in [0.2, 0.25) is 5.84 Å². The summed E-state index contributed by atoms with van der Waals surface area (Å²) in [7, 11) is 2.07. The molecule has 0 aromatic heterocycles. The van der Waals surface area contributed by atoms with E-state index in [1.807, 2.05) is 47.5 Å². The van der Waals surface area contributed by atoms with Crippen LogP contribution in [-0.4, -0.2) is 53.2 Å². The lowest BCUT2D eigenvalue weighted by Gasteiger charge is -2.48. The SMILES string of the molecule is CC(=O)C1=NN(c2ccc(Br)cc2)C2(CCN(C)CC2)N1NC(=O)c1ccccc1. The van der Waals surface area contributed by atoms with Gasteiger partial charge in [0.15, 0.2) is 11.4 Å². The van der Waals surface area contributed by atoms with Crippen LogP contribution in [0.25, 0.3) is 0 Å². The van der Waals surface area contributed by atoms with Gasteiger partial charge in [0.25, 0.3) is 5.91 Å². The van der Waals surface area contributed by atoms with Crippen LogP contribution in [0.15, 0.2) is 64.2 Å². The highest BCUT2D eigenvalue weighted by atomic mass is 79.9. The van der Waals surface area contributed by atoms with E-state index in [-0.39, 0.29) is 17.5 Å². The molecule has 4 rings (SSSR count). The van der Waals surface area contributed by atoms with Gasteiger partial charge in [-0.2, -0.15) is 0 Å². The number of likely N-dealkylation sites (tertiary alicyclic amines) is 1. The topological polar surface area (TPSA) is 68.2 Å². The molecule has 1 fully saturated rings. The number of hydrogen-bond donors (Lipinski definition) is 1. The number of carbonyl (C=O) groups excluding carboxylic acids is 2. The average Bonchev–Trinajstić information content (AvgIpc) is 3.05. The highest BCUT2D eigenvalue weighted by Crippen LogP contribution is 2.40. The van der Waals surface area contributed by atoms with E-state index in [4.69, 9.17) is 5.10 Å². The first-order chi connectivity index (χ1) is 14.4. The summed E-state index contributed by atoms with van der Waals surface area (Å²) in [6.45, 7) is 3.13. The fourth-order valence-corrected chi connectivity index (χ4v) is 4.22. The number of benzene rings is 2. The third kappa shape index (κ3) is 3.73. The number of amides is 1. The first kappa shape index (κ1) is 20.6. The van der Waals surface area contributed by atoms with Crippen molar-refractivity contribution in [3.63, 3.8) is 0 Å².